The van der Waals surface area contributed by atoms with Gasteiger partial charge in [0, 0.05) is 0 Å². The molecule has 2 saturated carbocycles. The number of rotatable bonds is 4. The van der Waals surface area contributed by atoms with Crippen molar-refractivity contribution in [3.8, 4) is 0 Å². The van der Waals surface area contributed by atoms with E-state index in [1.54, 1.807) is 0 Å². The molecule has 2 nitrogen and oxygen atoms in total. The van der Waals surface area contributed by atoms with Gasteiger partial charge >= 0.3 is 172 Å². The molecule has 0 aromatic rings. The Hall–Kier alpha value is -0.639. The standard InChI is InChI=1S/C13H25NO.C9H11.C6H10.2CH3.H4Si.Ti/c14-13(15)12-10-8-6-4-2-1-3-5-7-9-11-12;1-2-5-9-7-3-6-8(9)4-1;1-5(2)6(3)4;;;;/h12H,1-11H2,(H2,14,15);1-2,4-6,8-9H,3,7H2;1,3H2,2,4H3;2*1H3;1H4;/q;;;;;;+1/p-1. The number of fused-ring (bicyclic) bond motifs is 1. The fourth-order valence-electron chi connectivity index (χ4n) is 5.74. The summed E-state index contributed by atoms with van der Waals surface area (Å²) in [6, 6.07) is 0. The maximum atomic E-state index is 13.3. The third-order valence-corrected chi connectivity index (χ3v) is 13.5. The van der Waals surface area contributed by atoms with E-state index in [1.165, 1.54) is 70.6 Å². The molecule has 0 aliphatic heterocycles. The van der Waals surface area contributed by atoms with Crippen molar-refractivity contribution in [2.45, 2.75) is 112 Å². The second kappa shape index (κ2) is 16.2. The van der Waals surface area contributed by atoms with Gasteiger partial charge in [0.1, 0.15) is 0 Å². The van der Waals surface area contributed by atoms with Crippen LogP contribution in [-0.4, -0.2) is 16.9 Å². The van der Waals surface area contributed by atoms with Gasteiger partial charge in [0.15, 0.2) is 0 Å². The van der Waals surface area contributed by atoms with E-state index in [2.05, 4.69) is 51.7 Å². The summed E-state index contributed by atoms with van der Waals surface area (Å²) in [5.74, 6) is 2.09. The van der Waals surface area contributed by atoms with Gasteiger partial charge in [-0.15, -0.1) is 0 Å². The average Bonchev–Trinajstić information content (AvgIpc) is 3.19. The Labute approximate surface area is 219 Å². The largest absolute Gasteiger partial charge is 0.0149 e. The van der Waals surface area contributed by atoms with Gasteiger partial charge in [-0.25, -0.2) is 0 Å². The molecular formula is C30H55NOSiTi. The average molecular weight is 522 g/mol. The summed E-state index contributed by atoms with van der Waals surface area (Å²) in [5, 5.41) is 4.90. The number of hydrogen-bond acceptors (Lipinski definition) is 1. The van der Waals surface area contributed by atoms with Gasteiger partial charge < -0.3 is 0 Å². The second-order valence-electron chi connectivity index (χ2n) is 11.4. The first-order chi connectivity index (χ1) is 15.7. The van der Waals surface area contributed by atoms with Gasteiger partial charge in [-0.1, -0.05) is 24.3 Å². The first kappa shape index (κ1) is 31.4. The fraction of sp³-hybridized carbons (Fsp3) is 0.700. The SMILES string of the molecule is C=C(C)C(=C)C.[CH3][Ti]([CH3])([NH]C(=O)C1CCCCCCCCCCC1)[CH]1CCC2C=CC=CC21.[SiH4]. The molecule has 0 aromatic heterocycles. The van der Waals surface area contributed by atoms with Crippen molar-refractivity contribution in [2.75, 3.05) is 0 Å². The van der Waals surface area contributed by atoms with Crippen LogP contribution in [0.25, 0.3) is 0 Å². The van der Waals surface area contributed by atoms with Crippen LogP contribution in [0.5, 0.6) is 0 Å². The van der Waals surface area contributed by atoms with Gasteiger partial charge in [-0.2, -0.15) is 0 Å². The molecule has 0 radical (unpaired) electrons. The Kier molecular flexibility index (Phi) is 14.9. The van der Waals surface area contributed by atoms with Crippen molar-refractivity contribution in [1.29, 1.82) is 0 Å². The third-order valence-electron chi connectivity index (χ3n) is 8.15. The molecule has 3 aliphatic carbocycles. The summed E-state index contributed by atoms with van der Waals surface area (Å²) in [5.41, 5.74) is 2.13. The van der Waals surface area contributed by atoms with Gasteiger partial charge in [-0.05, 0) is 24.8 Å². The molecule has 34 heavy (non-hydrogen) atoms. The predicted octanol–water partition coefficient (Wildman–Crippen LogP) is 7.82. The van der Waals surface area contributed by atoms with E-state index >= 15 is 0 Å². The number of allylic oxidation sites excluding steroid dienone is 6. The molecule has 3 rings (SSSR count). The van der Waals surface area contributed by atoms with Crippen LogP contribution >= 0.6 is 0 Å². The van der Waals surface area contributed by atoms with E-state index in [0.717, 1.165) is 34.1 Å². The zero-order valence-corrected chi connectivity index (χ0v) is 23.7. The number of amides is 1. The predicted molar refractivity (Wildman–Crippen MR) is 153 cm³/mol. The van der Waals surface area contributed by atoms with Crippen LogP contribution in [0.15, 0.2) is 48.6 Å². The molecule has 0 heterocycles. The van der Waals surface area contributed by atoms with Crippen molar-refractivity contribution in [3.05, 3.63) is 48.6 Å². The van der Waals surface area contributed by atoms with Crippen LogP contribution in [0.1, 0.15) is 97.3 Å². The molecule has 0 saturated heterocycles. The summed E-state index contributed by atoms with van der Waals surface area (Å²) in [6.07, 6.45) is 26.2. The molecule has 0 spiro atoms. The van der Waals surface area contributed by atoms with E-state index in [1.807, 2.05) is 13.8 Å². The summed E-state index contributed by atoms with van der Waals surface area (Å²) in [7, 11) is 0. The minimum atomic E-state index is -2.36. The fourth-order valence-corrected chi connectivity index (χ4v) is 10.8. The maximum absolute atomic E-state index is 13.3. The normalized spacial score (nSPS) is 25.9. The topological polar surface area (TPSA) is 29.1 Å². The third kappa shape index (κ3) is 10.5. The summed E-state index contributed by atoms with van der Waals surface area (Å²) >= 11 is -2.36. The summed E-state index contributed by atoms with van der Waals surface area (Å²) in [4.78, 5) is 13.3. The van der Waals surface area contributed by atoms with E-state index in [9.17, 15) is 4.79 Å². The number of carbonyl (C=O) groups is 1. The molecular weight excluding hydrogens is 466 g/mol. The van der Waals surface area contributed by atoms with Crippen LogP contribution < -0.4 is 3.80 Å². The molecule has 0 bridgehead atoms. The van der Waals surface area contributed by atoms with E-state index in [-0.39, 0.29) is 16.9 Å². The van der Waals surface area contributed by atoms with Crippen LogP contribution in [0.2, 0.25) is 14.7 Å². The number of carbonyl (C=O) groups excluding carboxylic acids is 1. The smallest absolute Gasteiger partial charge is 0.0149 e. The monoisotopic (exact) mass is 521 g/mol. The first-order valence-corrected chi connectivity index (χ1v) is 18.5. The van der Waals surface area contributed by atoms with Gasteiger partial charge in [0.25, 0.3) is 0 Å². The quantitative estimate of drug-likeness (QED) is 0.297. The van der Waals surface area contributed by atoms with Crippen LogP contribution in [0.3, 0.4) is 0 Å². The molecule has 1 amide bonds. The molecule has 3 atom stereocenters. The van der Waals surface area contributed by atoms with Crippen LogP contribution in [-0.2, 0) is 21.6 Å². The number of hydrogen-bond donors (Lipinski definition) is 1. The molecule has 4 heteroatoms. The van der Waals surface area contributed by atoms with E-state index in [0.29, 0.717) is 11.8 Å². The zero-order valence-electron chi connectivity index (χ0n) is 22.1. The molecule has 1 N–H and O–H groups in total. The zero-order chi connectivity index (χ0) is 24.3. The van der Waals surface area contributed by atoms with Crippen molar-refractivity contribution in [1.82, 2.24) is 3.80 Å². The van der Waals surface area contributed by atoms with Gasteiger partial charge in [0.05, 0.1) is 0 Å². The van der Waals surface area contributed by atoms with Gasteiger partial charge in [0.2, 0.25) is 0 Å². The second-order valence-corrected chi connectivity index (χ2v) is 18.3. The van der Waals surface area contributed by atoms with Crippen molar-refractivity contribution in [3.63, 3.8) is 0 Å². The van der Waals surface area contributed by atoms with Crippen molar-refractivity contribution in [2.24, 2.45) is 17.8 Å². The van der Waals surface area contributed by atoms with E-state index < -0.39 is 16.8 Å². The molecule has 3 unspecified atom stereocenters. The van der Waals surface area contributed by atoms with Crippen LogP contribution in [0, 0.1) is 17.8 Å². The maximum Gasteiger partial charge on any atom is -0.0149 e. The number of nitrogens with one attached hydrogen (secondary N) is 1. The Morgan fingerprint density at radius 1 is 0.765 bits per heavy atom. The van der Waals surface area contributed by atoms with Crippen molar-refractivity contribution < 1.29 is 21.6 Å². The Morgan fingerprint density at radius 2 is 1.24 bits per heavy atom. The van der Waals surface area contributed by atoms with Crippen LogP contribution in [0.4, 0.5) is 0 Å². The molecule has 0 aromatic carbocycles. The van der Waals surface area contributed by atoms with Gasteiger partial charge in [-0.3, -0.25) is 0 Å². The van der Waals surface area contributed by atoms with E-state index in [4.69, 9.17) is 0 Å². The minimum absolute atomic E-state index is 0. The summed E-state index contributed by atoms with van der Waals surface area (Å²) < 4.78 is 4.45. The minimum Gasteiger partial charge on any atom is -0.0149 e. The Balaban J connectivity index is 0.000000735. The van der Waals surface area contributed by atoms with Crippen molar-refractivity contribution >= 4 is 16.9 Å². The molecule has 194 valence electrons. The Bertz CT molecular complexity index is 687. The Morgan fingerprint density at radius 3 is 1.74 bits per heavy atom. The summed E-state index contributed by atoms with van der Waals surface area (Å²) in [6.45, 7) is 11.2. The first-order valence-electron chi connectivity index (χ1n) is 13.7. The molecule has 2 fully saturated rings. The molecule has 3 aliphatic rings.